The molecule has 1 aliphatic rings. The zero-order valence-corrected chi connectivity index (χ0v) is 11.4. The van der Waals surface area contributed by atoms with Crippen LogP contribution in [0, 0.1) is 11.7 Å². The van der Waals surface area contributed by atoms with Crippen LogP contribution in [0.1, 0.15) is 44.2 Å². The van der Waals surface area contributed by atoms with Gasteiger partial charge in [0.25, 0.3) is 0 Å². The average molecular weight is 289 g/mol. The molecule has 0 bridgehead atoms. The SMILES string of the molecule is C[C@H](NC1CCCC(C(F)(F)F)C1)c1cccc(F)c1. The Kier molecular flexibility index (Phi) is 4.68. The number of rotatable bonds is 3. The molecule has 1 fully saturated rings. The molecule has 1 aromatic carbocycles. The van der Waals surface area contributed by atoms with Crippen molar-refractivity contribution in [2.24, 2.45) is 5.92 Å². The van der Waals surface area contributed by atoms with Crippen molar-refractivity contribution in [3.8, 4) is 0 Å². The molecule has 1 N–H and O–H groups in total. The standard InChI is InChI=1S/C15H19F4N/c1-10(11-4-2-6-13(16)8-11)20-14-7-3-5-12(9-14)15(17,18)19/h2,4,6,8,10,12,14,20H,3,5,7,9H2,1H3/t10-,12?,14?/m0/s1. The molecule has 1 saturated carbocycles. The maximum Gasteiger partial charge on any atom is 0.391 e. The minimum absolute atomic E-state index is 0.114. The highest BCUT2D eigenvalue weighted by molar-refractivity contribution is 5.19. The second kappa shape index (κ2) is 6.12. The van der Waals surface area contributed by atoms with Gasteiger partial charge in [-0.1, -0.05) is 18.6 Å². The van der Waals surface area contributed by atoms with Crippen molar-refractivity contribution in [3.05, 3.63) is 35.6 Å². The van der Waals surface area contributed by atoms with Crippen LogP contribution in [0.25, 0.3) is 0 Å². The summed E-state index contributed by atoms with van der Waals surface area (Å²) in [5.41, 5.74) is 0.763. The van der Waals surface area contributed by atoms with Crippen molar-refractivity contribution in [1.82, 2.24) is 5.32 Å². The zero-order valence-electron chi connectivity index (χ0n) is 11.4. The van der Waals surface area contributed by atoms with Gasteiger partial charge in [-0.05, 0) is 43.9 Å². The molecule has 0 radical (unpaired) electrons. The molecule has 1 aliphatic carbocycles. The summed E-state index contributed by atoms with van der Waals surface area (Å²) in [5, 5.41) is 3.20. The van der Waals surface area contributed by atoms with E-state index in [9.17, 15) is 17.6 Å². The molecule has 112 valence electrons. The molecule has 0 spiro atoms. The van der Waals surface area contributed by atoms with E-state index in [4.69, 9.17) is 0 Å². The minimum atomic E-state index is -4.11. The highest BCUT2D eigenvalue weighted by Gasteiger charge is 2.42. The van der Waals surface area contributed by atoms with Crippen LogP contribution >= 0.6 is 0 Å². The van der Waals surface area contributed by atoms with E-state index >= 15 is 0 Å². The van der Waals surface area contributed by atoms with E-state index in [1.807, 2.05) is 6.92 Å². The molecule has 0 aromatic heterocycles. The Morgan fingerprint density at radius 1 is 1.25 bits per heavy atom. The maximum atomic E-state index is 13.1. The smallest absolute Gasteiger partial charge is 0.307 e. The van der Waals surface area contributed by atoms with Gasteiger partial charge in [-0.15, -0.1) is 0 Å². The van der Waals surface area contributed by atoms with Gasteiger partial charge in [0.05, 0.1) is 5.92 Å². The fraction of sp³-hybridized carbons (Fsp3) is 0.600. The molecule has 0 heterocycles. The molecule has 2 rings (SSSR count). The van der Waals surface area contributed by atoms with Gasteiger partial charge in [0.15, 0.2) is 0 Å². The van der Waals surface area contributed by atoms with Crippen molar-refractivity contribution in [3.63, 3.8) is 0 Å². The second-order valence-corrected chi connectivity index (χ2v) is 5.55. The van der Waals surface area contributed by atoms with Crippen LogP contribution in [0.2, 0.25) is 0 Å². The second-order valence-electron chi connectivity index (χ2n) is 5.55. The first-order chi connectivity index (χ1) is 9.36. The average Bonchev–Trinajstić information content (AvgIpc) is 2.38. The summed E-state index contributed by atoms with van der Waals surface area (Å²) in [6.45, 7) is 1.85. The van der Waals surface area contributed by atoms with Crippen LogP contribution < -0.4 is 5.32 Å². The third kappa shape index (κ3) is 3.95. The monoisotopic (exact) mass is 289 g/mol. The van der Waals surface area contributed by atoms with Crippen molar-refractivity contribution < 1.29 is 17.6 Å². The largest absolute Gasteiger partial charge is 0.391 e. The number of benzene rings is 1. The van der Waals surface area contributed by atoms with Crippen LogP contribution in [0.3, 0.4) is 0 Å². The van der Waals surface area contributed by atoms with Gasteiger partial charge < -0.3 is 5.32 Å². The summed E-state index contributed by atoms with van der Waals surface area (Å²) in [7, 11) is 0. The Bertz CT molecular complexity index is 444. The van der Waals surface area contributed by atoms with Crippen LogP contribution in [-0.2, 0) is 0 Å². The van der Waals surface area contributed by atoms with Crippen molar-refractivity contribution in [2.45, 2.75) is 50.9 Å². The van der Waals surface area contributed by atoms with Crippen LogP contribution in [0.5, 0.6) is 0 Å². The van der Waals surface area contributed by atoms with Crippen LogP contribution in [0.15, 0.2) is 24.3 Å². The first kappa shape index (κ1) is 15.3. The highest BCUT2D eigenvalue weighted by Crippen LogP contribution is 2.38. The quantitative estimate of drug-likeness (QED) is 0.802. The van der Waals surface area contributed by atoms with E-state index in [-0.39, 0.29) is 30.7 Å². The number of hydrogen-bond donors (Lipinski definition) is 1. The lowest BCUT2D eigenvalue weighted by molar-refractivity contribution is -0.183. The predicted molar refractivity (Wildman–Crippen MR) is 69.8 cm³/mol. The molecular formula is C15H19F4N. The van der Waals surface area contributed by atoms with Gasteiger partial charge in [-0.2, -0.15) is 13.2 Å². The fourth-order valence-corrected chi connectivity index (χ4v) is 2.86. The van der Waals surface area contributed by atoms with Gasteiger partial charge >= 0.3 is 6.18 Å². The molecule has 3 atom stereocenters. The summed E-state index contributed by atoms with van der Waals surface area (Å²) in [4.78, 5) is 0. The first-order valence-corrected chi connectivity index (χ1v) is 6.94. The number of hydrogen-bond acceptors (Lipinski definition) is 1. The molecule has 2 unspecified atom stereocenters. The Balaban J connectivity index is 1.96. The fourth-order valence-electron chi connectivity index (χ4n) is 2.86. The zero-order chi connectivity index (χ0) is 14.8. The third-order valence-corrected chi connectivity index (χ3v) is 3.97. The van der Waals surface area contributed by atoms with Gasteiger partial charge in [0.1, 0.15) is 5.82 Å². The summed E-state index contributed by atoms with van der Waals surface area (Å²) in [6, 6.07) is 5.86. The molecular weight excluding hydrogens is 270 g/mol. The third-order valence-electron chi connectivity index (χ3n) is 3.97. The lowest BCUT2D eigenvalue weighted by atomic mass is 9.85. The number of nitrogens with one attached hydrogen (secondary N) is 1. The van der Waals surface area contributed by atoms with E-state index in [1.54, 1.807) is 12.1 Å². The number of halogens is 4. The minimum Gasteiger partial charge on any atom is -0.307 e. The van der Waals surface area contributed by atoms with Gasteiger partial charge in [0, 0.05) is 12.1 Å². The van der Waals surface area contributed by atoms with E-state index < -0.39 is 12.1 Å². The van der Waals surface area contributed by atoms with E-state index in [2.05, 4.69) is 5.32 Å². The summed E-state index contributed by atoms with van der Waals surface area (Å²) in [5.74, 6) is -1.54. The van der Waals surface area contributed by atoms with E-state index in [0.29, 0.717) is 6.42 Å². The first-order valence-electron chi connectivity index (χ1n) is 6.94. The lowest BCUT2D eigenvalue weighted by Crippen LogP contribution is -2.39. The Hall–Kier alpha value is -1.10. The Morgan fingerprint density at radius 2 is 2.00 bits per heavy atom. The molecule has 1 nitrogen and oxygen atoms in total. The van der Waals surface area contributed by atoms with Crippen LogP contribution in [0.4, 0.5) is 17.6 Å². The molecule has 1 aromatic rings. The lowest BCUT2D eigenvalue weighted by Gasteiger charge is -2.33. The van der Waals surface area contributed by atoms with Crippen molar-refractivity contribution in [1.29, 1.82) is 0 Å². The van der Waals surface area contributed by atoms with Crippen molar-refractivity contribution in [2.75, 3.05) is 0 Å². The van der Waals surface area contributed by atoms with Crippen molar-refractivity contribution >= 4 is 0 Å². The molecule has 0 amide bonds. The van der Waals surface area contributed by atoms with E-state index in [0.717, 1.165) is 12.0 Å². The summed E-state index contributed by atoms with van der Waals surface area (Å²) in [6.07, 6.45) is -2.45. The maximum absolute atomic E-state index is 13.1. The number of alkyl halides is 3. The van der Waals surface area contributed by atoms with E-state index in [1.165, 1.54) is 12.1 Å². The summed E-state index contributed by atoms with van der Waals surface area (Å²) < 4.78 is 51.4. The molecule has 5 heteroatoms. The summed E-state index contributed by atoms with van der Waals surface area (Å²) >= 11 is 0. The Morgan fingerprint density at radius 3 is 2.65 bits per heavy atom. The molecule has 0 saturated heterocycles. The highest BCUT2D eigenvalue weighted by atomic mass is 19.4. The Labute approximate surface area is 116 Å². The predicted octanol–water partition coefficient (Wildman–Crippen LogP) is 4.60. The normalized spacial score (nSPS) is 25.4. The van der Waals surface area contributed by atoms with Gasteiger partial charge in [0.2, 0.25) is 0 Å². The van der Waals surface area contributed by atoms with Gasteiger partial charge in [-0.3, -0.25) is 0 Å². The van der Waals surface area contributed by atoms with Crippen LogP contribution in [-0.4, -0.2) is 12.2 Å². The molecule has 0 aliphatic heterocycles. The topological polar surface area (TPSA) is 12.0 Å². The van der Waals surface area contributed by atoms with Gasteiger partial charge in [-0.25, -0.2) is 4.39 Å². The molecule has 20 heavy (non-hydrogen) atoms.